The van der Waals surface area contributed by atoms with Gasteiger partial charge in [-0.3, -0.25) is 19.1 Å². The Labute approximate surface area is 207 Å². The highest BCUT2D eigenvalue weighted by Crippen LogP contribution is 2.31. The van der Waals surface area contributed by atoms with Gasteiger partial charge in [0.1, 0.15) is 18.2 Å². The lowest BCUT2D eigenvalue weighted by Crippen LogP contribution is -2.55. The molecular weight excluding hydrogens is 474 g/mol. The second kappa shape index (κ2) is 12.3. The van der Waals surface area contributed by atoms with E-state index in [0.717, 1.165) is 25.5 Å². The van der Waals surface area contributed by atoms with Crippen LogP contribution in [0.3, 0.4) is 0 Å². The summed E-state index contributed by atoms with van der Waals surface area (Å²) in [6.07, 6.45) is 5.22. The first-order valence-corrected chi connectivity index (χ1v) is 13.7. The fourth-order valence-electron chi connectivity index (χ4n) is 4.29. The van der Waals surface area contributed by atoms with E-state index in [1.807, 2.05) is 0 Å². The lowest BCUT2D eigenvalue weighted by molar-refractivity contribution is -0.154. The number of hydrogen-bond acceptors (Lipinski definition) is 7. The van der Waals surface area contributed by atoms with Crippen LogP contribution in [-0.2, 0) is 24.3 Å². The summed E-state index contributed by atoms with van der Waals surface area (Å²) in [6, 6.07) is 5.17. The van der Waals surface area contributed by atoms with Crippen LogP contribution in [0.4, 0.5) is 5.69 Å². The second-order valence-corrected chi connectivity index (χ2v) is 11.5. The van der Waals surface area contributed by atoms with Gasteiger partial charge in [0.15, 0.2) is 0 Å². The summed E-state index contributed by atoms with van der Waals surface area (Å²) in [6.45, 7) is 4.29. The molecule has 35 heavy (non-hydrogen) atoms. The third kappa shape index (κ3) is 9.14. The molecule has 2 amide bonds. The summed E-state index contributed by atoms with van der Waals surface area (Å²) in [5.74, 6) is -1.88. The van der Waals surface area contributed by atoms with Crippen LogP contribution in [0, 0.1) is 5.92 Å². The fraction of sp³-hybridized carbons (Fsp3) is 0.625. The molecule has 0 heterocycles. The molecule has 1 saturated carbocycles. The molecular formula is C24H37N3O7S. The van der Waals surface area contributed by atoms with Crippen LogP contribution in [0.15, 0.2) is 24.3 Å². The zero-order chi connectivity index (χ0) is 26.2. The smallest absolute Gasteiger partial charge is 0.325 e. The molecule has 0 bridgehead atoms. The number of aliphatic hydroxyl groups is 1. The molecule has 3 N–H and O–H groups in total. The number of ether oxygens (including phenoxy) is 1. The van der Waals surface area contributed by atoms with Crippen LogP contribution in [-0.4, -0.2) is 73.8 Å². The van der Waals surface area contributed by atoms with Gasteiger partial charge in [-0.2, -0.15) is 0 Å². The average molecular weight is 512 g/mol. The molecule has 1 aliphatic carbocycles. The number of rotatable bonds is 10. The molecule has 1 aliphatic rings. The van der Waals surface area contributed by atoms with Gasteiger partial charge in [-0.25, -0.2) is 8.42 Å². The number of aliphatic hydroxyl groups excluding tert-OH is 1. The number of hydrogen-bond donors (Lipinski definition) is 3. The number of esters is 1. The minimum Gasteiger partial charge on any atom is -0.459 e. The zero-order valence-corrected chi connectivity index (χ0v) is 21.7. The molecule has 1 atom stereocenters. The van der Waals surface area contributed by atoms with Gasteiger partial charge in [0, 0.05) is 6.54 Å². The summed E-state index contributed by atoms with van der Waals surface area (Å²) < 4.78 is 31.2. The van der Waals surface area contributed by atoms with Crippen molar-refractivity contribution in [3.8, 4) is 0 Å². The van der Waals surface area contributed by atoms with Gasteiger partial charge < -0.3 is 20.1 Å². The van der Waals surface area contributed by atoms with Gasteiger partial charge >= 0.3 is 5.97 Å². The SMILES string of the molecule is CC(C)(C)OC(=O)CNC(=O)C(C1CCCCC1)N(CCO)C(=O)c1ccccc1NS(C)(=O)=O. The Morgan fingerprint density at radius 1 is 1.14 bits per heavy atom. The highest BCUT2D eigenvalue weighted by atomic mass is 32.2. The van der Waals surface area contributed by atoms with Gasteiger partial charge in [0.05, 0.1) is 24.1 Å². The number of amides is 2. The predicted octanol–water partition coefficient (Wildman–Crippen LogP) is 1.90. The molecule has 1 aromatic carbocycles. The van der Waals surface area contributed by atoms with Crippen molar-refractivity contribution in [2.45, 2.75) is 64.5 Å². The molecule has 1 fully saturated rings. The van der Waals surface area contributed by atoms with Crippen LogP contribution in [0.1, 0.15) is 63.2 Å². The van der Waals surface area contributed by atoms with Crippen molar-refractivity contribution in [2.24, 2.45) is 5.92 Å². The standard InChI is InChI=1S/C24H37N3O7S/c1-24(2,3)34-20(29)16-25-22(30)21(17-10-6-5-7-11-17)27(14-15-28)23(31)18-12-8-9-13-19(18)26-35(4,32)33/h8-9,12-13,17,21,26,28H,5-7,10-11,14-16H2,1-4H3,(H,25,30). The number of carbonyl (C=O) groups is 3. The normalized spacial score (nSPS) is 15.7. The Kier molecular flexibility index (Phi) is 10.1. The van der Waals surface area contributed by atoms with Crippen LogP contribution >= 0.6 is 0 Å². The number of carbonyl (C=O) groups excluding carboxylic acids is 3. The first-order chi connectivity index (χ1) is 16.3. The maximum atomic E-state index is 13.7. The molecule has 10 nitrogen and oxygen atoms in total. The van der Waals surface area contributed by atoms with Crippen LogP contribution in [0.5, 0.6) is 0 Å². The molecule has 11 heteroatoms. The Morgan fingerprint density at radius 3 is 2.34 bits per heavy atom. The number of nitrogens with one attached hydrogen (secondary N) is 2. The minimum atomic E-state index is -3.66. The van der Waals surface area contributed by atoms with Crippen molar-refractivity contribution in [1.29, 1.82) is 0 Å². The van der Waals surface area contributed by atoms with Gasteiger partial charge in [0.25, 0.3) is 5.91 Å². The Bertz CT molecular complexity index is 999. The maximum absolute atomic E-state index is 13.7. The Hall–Kier alpha value is -2.66. The van der Waals surface area contributed by atoms with E-state index in [-0.39, 0.29) is 30.3 Å². The predicted molar refractivity (Wildman–Crippen MR) is 132 cm³/mol. The largest absolute Gasteiger partial charge is 0.459 e. The number of para-hydroxylation sites is 1. The van der Waals surface area contributed by atoms with Crippen molar-refractivity contribution in [1.82, 2.24) is 10.2 Å². The molecule has 196 valence electrons. The van der Waals surface area contributed by atoms with Gasteiger partial charge in [-0.1, -0.05) is 31.4 Å². The summed E-state index contributed by atoms with van der Waals surface area (Å²) in [4.78, 5) is 40.5. The topological polar surface area (TPSA) is 142 Å². The van der Waals surface area contributed by atoms with Crippen molar-refractivity contribution < 1.29 is 32.6 Å². The lowest BCUT2D eigenvalue weighted by atomic mass is 9.82. The first kappa shape index (κ1) is 28.6. The first-order valence-electron chi connectivity index (χ1n) is 11.8. The van der Waals surface area contributed by atoms with E-state index < -0.39 is 46.1 Å². The molecule has 1 aromatic rings. The van der Waals surface area contributed by atoms with Crippen molar-refractivity contribution in [3.05, 3.63) is 29.8 Å². The maximum Gasteiger partial charge on any atom is 0.325 e. The molecule has 0 spiro atoms. The number of anilines is 1. The summed E-state index contributed by atoms with van der Waals surface area (Å²) in [5, 5.41) is 12.4. The molecule has 0 aromatic heterocycles. The van der Waals surface area contributed by atoms with Crippen molar-refractivity contribution in [3.63, 3.8) is 0 Å². The molecule has 2 rings (SSSR count). The summed E-state index contributed by atoms with van der Waals surface area (Å²) in [5.41, 5.74) is -0.564. The average Bonchev–Trinajstić information content (AvgIpc) is 2.76. The highest BCUT2D eigenvalue weighted by Gasteiger charge is 2.38. The highest BCUT2D eigenvalue weighted by molar-refractivity contribution is 7.92. The summed E-state index contributed by atoms with van der Waals surface area (Å²) in [7, 11) is -3.66. The number of sulfonamides is 1. The van der Waals surface area contributed by atoms with Gasteiger partial charge in [-0.05, 0) is 51.7 Å². The molecule has 0 saturated heterocycles. The van der Waals surface area contributed by atoms with E-state index in [1.54, 1.807) is 32.9 Å². The third-order valence-electron chi connectivity index (χ3n) is 5.58. The quantitative estimate of drug-likeness (QED) is 0.407. The Morgan fingerprint density at radius 2 is 1.77 bits per heavy atom. The van der Waals surface area contributed by atoms with E-state index in [4.69, 9.17) is 4.74 Å². The van der Waals surface area contributed by atoms with Crippen molar-refractivity contribution in [2.75, 3.05) is 30.7 Å². The monoisotopic (exact) mass is 511 g/mol. The second-order valence-electron chi connectivity index (χ2n) is 9.79. The fourth-order valence-corrected chi connectivity index (χ4v) is 4.87. The Balaban J connectivity index is 2.37. The van der Waals surface area contributed by atoms with Crippen LogP contribution in [0.25, 0.3) is 0 Å². The van der Waals surface area contributed by atoms with Crippen molar-refractivity contribution >= 4 is 33.5 Å². The molecule has 1 unspecified atom stereocenters. The lowest BCUT2D eigenvalue weighted by Gasteiger charge is -2.38. The van der Waals surface area contributed by atoms with Gasteiger partial charge in [-0.15, -0.1) is 0 Å². The van der Waals surface area contributed by atoms with Crippen LogP contribution < -0.4 is 10.0 Å². The van der Waals surface area contributed by atoms with E-state index >= 15 is 0 Å². The van der Waals surface area contributed by atoms with Crippen LogP contribution in [0.2, 0.25) is 0 Å². The minimum absolute atomic E-state index is 0.0622. The summed E-state index contributed by atoms with van der Waals surface area (Å²) >= 11 is 0. The zero-order valence-electron chi connectivity index (χ0n) is 20.9. The van der Waals surface area contributed by atoms with E-state index in [1.165, 1.54) is 17.0 Å². The number of benzene rings is 1. The van der Waals surface area contributed by atoms with Gasteiger partial charge in [0.2, 0.25) is 15.9 Å². The molecule has 0 aliphatic heterocycles. The third-order valence-corrected chi connectivity index (χ3v) is 6.17. The molecule has 0 radical (unpaired) electrons. The van der Waals surface area contributed by atoms with E-state index in [0.29, 0.717) is 12.8 Å². The van der Waals surface area contributed by atoms with E-state index in [9.17, 15) is 27.9 Å². The van der Waals surface area contributed by atoms with E-state index in [2.05, 4.69) is 10.0 Å². The number of nitrogens with zero attached hydrogens (tertiary/aromatic N) is 1.